The monoisotopic (exact) mass is 735 g/mol. The Hall–Kier alpha value is -5.86. The van der Waals surface area contributed by atoms with E-state index < -0.39 is 0 Å². The Morgan fingerprint density at radius 1 is 0.456 bits per heavy atom. The Morgan fingerprint density at radius 2 is 1.02 bits per heavy atom. The summed E-state index contributed by atoms with van der Waals surface area (Å²) in [6.07, 6.45) is 6.93. The van der Waals surface area contributed by atoms with Gasteiger partial charge in [-0.3, -0.25) is 0 Å². The molecule has 4 bridgehead atoms. The van der Waals surface area contributed by atoms with E-state index >= 15 is 0 Å². The van der Waals surface area contributed by atoms with E-state index in [0.717, 1.165) is 45.1 Å². The third kappa shape index (κ3) is 4.21. The van der Waals surface area contributed by atoms with E-state index in [1.165, 1.54) is 82.3 Å². The van der Waals surface area contributed by atoms with Gasteiger partial charge in [-0.15, -0.1) is 0 Å². The second kappa shape index (κ2) is 11.4. The quantitative estimate of drug-likeness (QED) is 0.179. The van der Waals surface area contributed by atoms with Gasteiger partial charge in [-0.2, -0.15) is 0 Å². The molecule has 0 aliphatic heterocycles. The van der Waals surface area contributed by atoms with Crippen LogP contribution in [-0.2, 0) is 10.8 Å². The van der Waals surface area contributed by atoms with Crippen molar-refractivity contribution in [1.82, 2.24) is 0 Å². The van der Waals surface area contributed by atoms with Crippen molar-refractivity contribution in [1.29, 1.82) is 0 Å². The molecule has 1 aromatic heterocycles. The highest BCUT2D eigenvalue weighted by atomic mass is 16.3. The van der Waals surface area contributed by atoms with Crippen molar-refractivity contribution < 1.29 is 4.42 Å². The number of anilines is 3. The summed E-state index contributed by atoms with van der Waals surface area (Å²) in [5.74, 6) is 3.17. The molecule has 1 heterocycles. The fraction of sp³-hybridized carbons (Fsp3) is 0.236. The van der Waals surface area contributed by atoms with Crippen LogP contribution in [0.3, 0.4) is 0 Å². The molecule has 0 amide bonds. The zero-order chi connectivity index (χ0) is 37.6. The number of rotatable bonds is 4. The summed E-state index contributed by atoms with van der Waals surface area (Å²) in [7, 11) is 0. The van der Waals surface area contributed by atoms with Crippen LogP contribution in [0.15, 0.2) is 156 Å². The molecule has 2 heteroatoms. The number of nitrogens with zero attached hydrogens (tertiary/aromatic N) is 1. The number of benzene rings is 7. The molecule has 4 fully saturated rings. The fourth-order valence-electron chi connectivity index (χ4n) is 13.4. The van der Waals surface area contributed by atoms with Gasteiger partial charge in [0.05, 0.1) is 5.69 Å². The van der Waals surface area contributed by atoms with Gasteiger partial charge in [-0.05, 0) is 142 Å². The first kappa shape index (κ1) is 32.2. The molecular formula is C55H45NO. The van der Waals surface area contributed by atoms with Gasteiger partial charge in [0.2, 0.25) is 0 Å². The van der Waals surface area contributed by atoms with Gasteiger partial charge in [0.25, 0.3) is 0 Å². The van der Waals surface area contributed by atoms with Gasteiger partial charge < -0.3 is 9.32 Å². The molecule has 14 rings (SSSR count). The molecule has 0 radical (unpaired) electrons. The van der Waals surface area contributed by atoms with Crippen LogP contribution >= 0.6 is 0 Å². The van der Waals surface area contributed by atoms with Crippen molar-refractivity contribution in [3.63, 3.8) is 0 Å². The number of hydrogen-bond acceptors (Lipinski definition) is 2. The second-order valence-corrected chi connectivity index (χ2v) is 18.5. The van der Waals surface area contributed by atoms with Crippen molar-refractivity contribution in [3.8, 4) is 33.4 Å². The van der Waals surface area contributed by atoms with Crippen LogP contribution in [-0.4, -0.2) is 0 Å². The van der Waals surface area contributed by atoms with Crippen molar-refractivity contribution in [2.24, 2.45) is 23.7 Å². The maximum atomic E-state index is 6.58. The smallest absolute Gasteiger partial charge is 0.137 e. The van der Waals surface area contributed by atoms with Crippen LogP contribution in [0, 0.1) is 23.7 Å². The van der Waals surface area contributed by atoms with Crippen molar-refractivity contribution in [3.05, 3.63) is 174 Å². The van der Waals surface area contributed by atoms with Crippen LogP contribution in [0.5, 0.6) is 0 Å². The average molecular weight is 736 g/mol. The van der Waals surface area contributed by atoms with E-state index in [9.17, 15) is 0 Å². The molecular weight excluding hydrogens is 691 g/mol. The summed E-state index contributed by atoms with van der Waals surface area (Å²) in [4.78, 5) is 2.52. The summed E-state index contributed by atoms with van der Waals surface area (Å²) in [6, 6.07) is 57.4. The highest BCUT2D eigenvalue weighted by Gasteiger charge is 2.62. The first-order valence-corrected chi connectivity index (χ1v) is 21.3. The molecule has 4 saturated carbocycles. The van der Waals surface area contributed by atoms with E-state index in [4.69, 9.17) is 4.42 Å². The summed E-state index contributed by atoms with van der Waals surface area (Å²) in [6.45, 7) is 4.77. The minimum atomic E-state index is -0.117. The molecule has 1 spiro atoms. The summed E-state index contributed by atoms with van der Waals surface area (Å²) >= 11 is 0. The van der Waals surface area contributed by atoms with Crippen molar-refractivity contribution >= 4 is 39.0 Å². The predicted molar refractivity (Wildman–Crippen MR) is 235 cm³/mol. The van der Waals surface area contributed by atoms with Crippen LogP contribution in [0.1, 0.15) is 68.2 Å². The maximum Gasteiger partial charge on any atom is 0.137 e. The number of hydrogen-bond donors (Lipinski definition) is 0. The lowest BCUT2D eigenvalue weighted by Gasteiger charge is -2.61. The van der Waals surface area contributed by atoms with E-state index in [2.05, 4.69) is 170 Å². The lowest BCUT2D eigenvalue weighted by Crippen LogP contribution is -2.55. The van der Waals surface area contributed by atoms with Gasteiger partial charge in [-0.1, -0.05) is 123 Å². The Bertz CT molecular complexity index is 2950. The Balaban J connectivity index is 1.06. The van der Waals surface area contributed by atoms with Gasteiger partial charge >= 0.3 is 0 Å². The summed E-state index contributed by atoms with van der Waals surface area (Å²) in [5, 5.41) is 2.30. The van der Waals surface area contributed by atoms with E-state index in [1.54, 1.807) is 11.1 Å². The minimum Gasteiger partial charge on any atom is -0.456 e. The molecule has 0 saturated heterocycles. The van der Waals surface area contributed by atoms with Gasteiger partial charge in [0, 0.05) is 44.6 Å². The second-order valence-electron chi connectivity index (χ2n) is 18.5. The van der Waals surface area contributed by atoms with E-state index in [-0.39, 0.29) is 10.8 Å². The number of fused-ring (bicyclic) bond motifs is 9. The average Bonchev–Trinajstić information content (AvgIpc) is 3.84. The Kier molecular flexibility index (Phi) is 6.44. The third-order valence-electron chi connectivity index (χ3n) is 15.4. The lowest BCUT2D eigenvalue weighted by atomic mass is 9.42. The van der Waals surface area contributed by atoms with Crippen LogP contribution in [0.25, 0.3) is 55.3 Å². The molecule has 0 atom stereocenters. The number of furan rings is 1. The topological polar surface area (TPSA) is 16.4 Å². The lowest BCUT2D eigenvalue weighted by molar-refractivity contribution is -0.0397. The predicted octanol–water partition coefficient (Wildman–Crippen LogP) is 14.8. The molecule has 7 aromatic carbocycles. The van der Waals surface area contributed by atoms with Gasteiger partial charge in [0.1, 0.15) is 11.2 Å². The molecule has 6 aliphatic rings. The molecule has 2 nitrogen and oxygen atoms in total. The van der Waals surface area contributed by atoms with Crippen molar-refractivity contribution in [2.75, 3.05) is 4.90 Å². The van der Waals surface area contributed by atoms with Crippen LogP contribution < -0.4 is 4.90 Å². The molecule has 57 heavy (non-hydrogen) atoms. The minimum absolute atomic E-state index is 0.0600. The van der Waals surface area contributed by atoms with Crippen LogP contribution in [0.4, 0.5) is 17.1 Å². The van der Waals surface area contributed by atoms with Crippen molar-refractivity contribution in [2.45, 2.75) is 56.8 Å². The largest absolute Gasteiger partial charge is 0.456 e. The highest BCUT2D eigenvalue weighted by Crippen LogP contribution is 2.70. The Labute approximate surface area is 334 Å². The Morgan fingerprint density at radius 3 is 1.81 bits per heavy atom. The summed E-state index contributed by atoms with van der Waals surface area (Å²) in [5.41, 5.74) is 19.5. The van der Waals surface area contributed by atoms with Crippen LogP contribution in [0.2, 0.25) is 0 Å². The SMILES string of the molecule is CC1(C)c2ccccc2-c2ccc(N(c3ccc4c(c3)oc3ccccc34)c3ccccc3-c3cccc4c3C3(c5ccccc5-4)C4CC5CC(C4)CC3C5)cc21. The maximum absolute atomic E-state index is 6.58. The first-order chi connectivity index (χ1) is 28.0. The van der Waals surface area contributed by atoms with E-state index in [0.29, 0.717) is 11.8 Å². The fourth-order valence-corrected chi connectivity index (χ4v) is 13.4. The summed E-state index contributed by atoms with van der Waals surface area (Å²) < 4.78 is 6.58. The molecule has 0 unspecified atom stereocenters. The molecule has 0 N–H and O–H groups in total. The highest BCUT2D eigenvalue weighted by molar-refractivity contribution is 6.06. The molecule has 6 aliphatic carbocycles. The van der Waals surface area contributed by atoms with E-state index in [1.807, 2.05) is 0 Å². The zero-order valence-corrected chi connectivity index (χ0v) is 32.6. The first-order valence-electron chi connectivity index (χ1n) is 21.3. The van der Waals surface area contributed by atoms with Gasteiger partial charge in [0.15, 0.2) is 0 Å². The number of para-hydroxylation sites is 2. The standard InChI is InChI=1S/C55H45NO/c1-54(2)47-18-7-3-12-39(47)41-24-22-37(31-49(41)54)56(38-23-25-44-43-15-6-10-21-51(43)57-52(44)32-38)50-20-9-5-14-42(50)46-17-11-16-45-40-13-4-8-19-48(40)55(53(45)46)35-27-33-26-34(29-35)30-36(55)28-33/h3-25,31-36H,26-30H2,1-2H3. The zero-order valence-electron chi connectivity index (χ0n) is 32.6. The molecule has 276 valence electrons. The third-order valence-corrected chi connectivity index (χ3v) is 15.4. The molecule has 8 aromatic rings. The normalized spacial score (nSPS) is 24.2. The van der Waals surface area contributed by atoms with Gasteiger partial charge in [-0.25, -0.2) is 0 Å².